The Balaban J connectivity index is 1.81. The van der Waals surface area contributed by atoms with Crippen LogP contribution in [0.3, 0.4) is 0 Å². The van der Waals surface area contributed by atoms with E-state index in [9.17, 15) is 0 Å². The Kier molecular flexibility index (Phi) is 3.08. The highest BCUT2D eigenvalue weighted by Crippen LogP contribution is 2.18. The van der Waals surface area contributed by atoms with Gasteiger partial charge in [-0.2, -0.15) is 5.10 Å². The minimum Gasteiger partial charge on any atom is -0.478 e. The molecule has 3 aromatic heterocycles. The summed E-state index contributed by atoms with van der Waals surface area (Å²) in [4.78, 5) is 1.19. The summed E-state index contributed by atoms with van der Waals surface area (Å²) < 4.78 is 9.18. The fourth-order valence-corrected chi connectivity index (χ4v) is 2.84. The van der Waals surface area contributed by atoms with E-state index in [4.69, 9.17) is 10.1 Å². The molecule has 0 atom stereocenters. The number of rotatable bonds is 4. The Bertz CT molecular complexity index is 709. The normalized spacial score (nSPS) is 11.0. The molecule has 0 aliphatic heterocycles. The van der Waals surface area contributed by atoms with Crippen LogP contribution in [0.4, 0.5) is 0 Å². The summed E-state index contributed by atoms with van der Waals surface area (Å²) in [6.07, 6.45) is 5.73. The maximum Gasteiger partial charge on any atom is 0.214 e. The molecule has 98 valence electrons. The topological polar surface area (TPSA) is 55.3 Å². The van der Waals surface area contributed by atoms with Crippen LogP contribution in [0.15, 0.2) is 36.1 Å². The summed E-state index contributed by atoms with van der Waals surface area (Å²) in [5.74, 6) is 0.243. The van der Waals surface area contributed by atoms with Gasteiger partial charge in [-0.1, -0.05) is 0 Å². The molecule has 5 nitrogen and oxygen atoms in total. The first-order chi connectivity index (χ1) is 9.28. The van der Waals surface area contributed by atoms with Crippen molar-refractivity contribution in [1.29, 1.82) is 5.41 Å². The van der Waals surface area contributed by atoms with Crippen molar-refractivity contribution in [3.05, 3.63) is 46.5 Å². The maximum absolute atomic E-state index is 7.76. The van der Waals surface area contributed by atoms with E-state index in [1.54, 1.807) is 17.5 Å². The second kappa shape index (κ2) is 4.89. The molecule has 6 heteroatoms. The first-order valence-electron chi connectivity index (χ1n) is 6.05. The molecule has 0 aliphatic rings. The van der Waals surface area contributed by atoms with Gasteiger partial charge in [-0.15, -0.1) is 11.3 Å². The van der Waals surface area contributed by atoms with Crippen LogP contribution in [-0.4, -0.2) is 26.7 Å². The fraction of sp³-hybridized carbons (Fsp3) is 0.231. The average Bonchev–Trinajstić information content (AvgIpc) is 3.08. The molecular weight excluding hydrogens is 260 g/mol. The Morgan fingerprint density at radius 1 is 1.47 bits per heavy atom. The number of nitrogens with one attached hydrogen (secondary N) is 1. The molecule has 19 heavy (non-hydrogen) atoms. The van der Waals surface area contributed by atoms with Gasteiger partial charge < -0.3 is 9.30 Å². The van der Waals surface area contributed by atoms with Crippen LogP contribution in [0.25, 0.3) is 5.65 Å². The molecule has 1 N–H and O–H groups in total. The molecule has 3 rings (SSSR count). The SMILES string of the molecule is CCOC(=N)c1csc(Cn2ccn3nccc23)c1. The van der Waals surface area contributed by atoms with Crippen molar-refractivity contribution >= 4 is 22.9 Å². The lowest BCUT2D eigenvalue weighted by Gasteiger charge is -2.01. The molecule has 0 amide bonds. The highest BCUT2D eigenvalue weighted by atomic mass is 32.1. The number of aromatic nitrogens is 3. The van der Waals surface area contributed by atoms with Crippen LogP contribution in [0.1, 0.15) is 17.4 Å². The lowest BCUT2D eigenvalue weighted by Crippen LogP contribution is -2.03. The number of thiophene rings is 1. The largest absolute Gasteiger partial charge is 0.478 e. The van der Waals surface area contributed by atoms with E-state index in [1.165, 1.54) is 4.88 Å². The predicted molar refractivity (Wildman–Crippen MR) is 75.1 cm³/mol. The van der Waals surface area contributed by atoms with E-state index in [-0.39, 0.29) is 5.90 Å². The minimum atomic E-state index is 0.243. The lowest BCUT2D eigenvalue weighted by atomic mass is 10.3. The van der Waals surface area contributed by atoms with Crippen LogP contribution in [0.2, 0.25) is 0 Å². The van der Waals surface area contributed by atoms with Crippen molar-refractivity contribution in [3.8, 4) is 0 Å². The van der Waals surface area contributed by atoms with Gasteiger partial charge in [0, 0.05) is 34.3 Å². The van der Waals surface area contributed by atoms with Gasteiger partial charge in [0.15, 0.2) is 0 Å². The van der Waals surface area contributed by atoms with Crippen LogP contribution in [0, 0.1) is 5.41 Å². The van der Waals surface area contributed by atoms with E-state index in [0.29, 0.717) is 6.61 Å². The second-order valence-electron chi connectivity index (χ2n) is 4.12. The Morgan fingerprint density at radius 2 is 2.37 bits per heavy atom. The Hall–Kier alpha value is -2.08. The minimum absolute atomic E-state index is 0.243. The van der Waals surface area contributed by atoms with E-state index in [2.05, 4.69) is 9.67 Å². The Morgan fingerprint density at radius 3 is 3.21 bits per heavy atom. The highest BCUT2D eigenvalue weighted by Gasteiger charge is 2.08. The van der Waals surface area contributed by atoms with Gasteiger partial charge in [-0.25, -0.2) is 4.52 Å². The van der Waals surface area contributed by atoms with Gasteiger partial charge in [0.1, 0.15) is 5.65 Å². The Labute approximate surface area is 114 Å². The molecular formula is C13H14N4OS. The number of ether oxygens (including phenoxy) is 1. The van der Waals surface area contributed by atoms with Crippen molar-refractivity contribution in [2.45, 2.75) is 13.5 Å². The van der Waals surface area contributed by atoms with E-state index in [0.717, 1.165) is 17.8 Å². The number of fused-ring (bicyclic) bond motifs is 1. The standard InChI is InChI=1S/C13H14N4OS/c1-2-18-13(14)10-7-11(19-9-10)8-16-5-6-17-12(16)3-4-15-17/h3-7,9,14H,2,8H2,1H3. The van der Waals surface area contributed by atoms with Gasteiger partial charge in [0.05, 0.1) is 19.3 Å². The molecule has 3 heterocycles. The molecule has 0 aliphatic carbocycles. The highest BCUT2D eigenvalue weighted by molar-refractivity contribution is 7.10. The zero-order chi connectivity index (χ0) is 13.2. The number of hydrogen-bond acceptors (Lipinski definition) is 4. The summed E-state index contributed by atoms with van der Waals surface area (Å²) in [6.45, 7) is 3.20. The molecule has 0 fully saturated rings. The summed E-state index contributed by atoms with van der Waals surface area (Å²) >= 11 is 1.64. The van der Waals surface area contributed by atoms with Crippen molar-refractivity contribution in [1.82, 2.24) is 14.2 Å². The first-order valence-corrected chi connectivity index (χ1v) is 6.93. The van der Waals surface area contributed by atoms with Crippen LogP contribution in [0.5, 0.6) is 0 Å². The van der Waals surface area contributed by atoms with E-state index < -0.39 is 0 Å². The smallest absolute Gasteiger partial charge is 0.214 e. The third kappa shape index (κ3) is 2.26. The summed E-state index contributed by atoms with van der Waals surface area (Å²) in [7, 11) is 0. The summed E-state index contributed by atoms with van der Waals surface area (Å²) in [5, 5.41) is 13.9. The molecule has 0 saturated heterocycles. The van der Waals surface area contributed by atoms with Gasteiger partial charge in [0.2, 0.25) is 5.90 Å². The average molecular weight is 274 g/mol. The first kappa shape index (κ1) is 12.0. The molecule has 0 saturated carbocycles. The van der Waals surface area contributed by atoms with Crippen LogP contribution in [-0.2, 0) is 11.3 Å². The third-order valence-corrected chi connectivity index (χ3v) is 3.78. The quantitative estimate of drug-likeness (QED) is 0.587. The molecule has 0 unspecified atom stereocenters. The van der Waals surface area contributed by atoms with Gasteiger partial charge in [-0.05, 0) is 13.0 Å². The molecule has 0 spiro atoms. The maximum atomic E-state index is 7.76. The molecule has 3 aromatic rings. The van der Waals surface area contributed by atoms with Gasteiger partial charge in [0.25, 0.3) is 0 Å². The lowest BCUT2D eigenvalue weighted by molar-refractivity contribution is 0.326. The summed E-state index contributed by atoms with van der Waals surface area (Å²) in [6, 6.07) is 3.99. The molecule has 0 aromatic carbocycles. The zero-order valence-electron chi connectivity index (χ0n) is 10.5. The predicted octanol–water partition coefficient (Wildman–Crippen LogP) is 2.61. The van der Waals surface area contributed by atoms with Crippen molar-refractivity contribution in [2.75, 3.05) is 6.61 Å². The fourth-order valence-electron chi connectivity index (χ4n) is 1.98. The van der Waals surface area contributed by atoms with Crippen molar-refractivity contribution in [2.24, 2.45) is 0 Å². The van der Waals surface area contributed by atoms with Gasteiger partial charge >= 0.3 is 0 Å². The van der Waals surface area contributed by atoms with Crippen molar-refractivity contribution in [3.63, 3.8) is 0 Å². The molecule has 0 radical (unpaired) electrons. The molecule has 0 bridgehead atoms. The van der Waals surface area contributed by atoms with E-state index in [1.807, 2.05) is 41.3 Å². The van der Waals surface area contributed by atoms with Crippen LogP contribution < -0.4 is 0 Å². The third-order valence-electron chi connectivity index (χ3n) is 2.86. The number of imidazole rings is 1. The van der Waals surface area contributed by atoms with Crippen LogP contribution >= 0.6 is 11.3 Å². The van der Waals surface area contributed by atoms with Crippen molar-refractivity contribution < 1.29 is 4.74 Å². The second-order valence-corrected chi connectivity index (χ2v) is 5.12. The van der Waals surface area contributed by atoms with Gasteiger partial charge in [-0.3, -0.25) is 5.41 Å². The zero-order valence-corrected chi connectivity index (χ0v) is 11.4. The number of nitrogens with zero attached hydrogens (tertiary/aromatic N) is 3. The summed E-state index contributed by atoms with van der Waals surface area (Å²) in [5.41, 5.74) is 1.91. The number of hydrogen-bond donors (Lipinski definition) is 1. The van der Waals surface area contributed by atoms with E-state index >= 15 is 0 Å². The monoisotopic (exact) mass is 274 g/mol.